The van der Waals surface area contributed by atoms with Gasteiger partial charge in [-0.15, -0.1) is 0 Å². The summed E-state index contributed by atoms with van der Waals surface area (Å²) in [5.41, 5.74) is 1.41. The number of carbonyl (C=O) groups is 3. The lowest BCUT2D eigenvalue weighted by molar-refractivity contribution is -0.125. The molecule has 1 aliphatic heterocycles. The Morgan fingerprint density at radius 1 is 1.12 bits per heavy atom. The van der Waals surface area contributed by atoms with Crippen LogP contribution in [0.2, 0.25) is 5.02 Å². The molecule has 6 nitrogen and oxygen atoms in total. The molecule has 2 aromatic rings. The van der Waals surface area contributed by atoms with Gasteiger partial charge >= 0.3 is 0 Å². The van der Waals surface area contributed by atoms with Gasteiger partial charge in [-0.2, -0.15) is 0 Å². The fourth-order valence-electron chi connectivity index (χ4n) is 2.29. The Morgan fingerprint density at radius 2 is 1.81 bits per heavy atom. The maximum absolute atomic E-state index is 11.9. The fourth-order valence-corrected chi connectivity index (χ4v) is 3.14. The van der Waals surface area contributed by atoms with Gasteiger partial charge < -0.3 is 10.1 Å². The van der Waals surface area contributed by atoms with E-state index >= 15 is 0 Å². The van der Waals surface area contributed by atoms with Gasteiger partial charge in [-0.25, -0.2) is 0 Å². The van der Waals surface area contributed by atoms with Crippen LogP contribution in [0.25, 0.3) is 0 Å². The van der Waals surface area contributed by atoms with Crippen molar-refractivity contribution in [2.75, 3.05) is 17.7 Å². The molecule has 0 unspecified atom stereocenters. The summed E-state index contributed by atoms with van der Waals surface area (Å²) in [6.07, 6.45) is 0. The summed E-state index contributed by atoms with van der Waals surface area (Å²) >= 11 is 6.80. The average molecular weight is 391 g/mol. The molecule has 0 saturated carbocycles. The first-order valence-electron chi connectivity index (χ1n) is 7.75. The largest absolute Gasteiger partial charge is 0.484 e. The molecular formula is C18H15ClN2O4S. The van der Waals surface area contributed by atoms with Crippen molar-refractivity contribution < 1.29 is 19.1 Å². The molecule has 1 aliphatic rings. The molecule has 2 aromatic carbocycles. The van der Waals surface area contributed by atoms with Crippen LogP contribution in [-0.4, -0.2) is 34.3 Å². The van der Waals surface area contributed by atoms with E-state index in [1.807, 2.05) is 0 Å². The number of rotatable bonds is 6. The molecular weight excluding hydrogens is 376 g/mol. The number of halogens is 1. The van der Waals surface area contributed by atoms with Crippen molar-refractivity contribution in [3.05, 3.63) is 59.1 Å². The van der Waals surface area contributed by atoms with E-state index in [2.05, 4.69) is 5.32 Å². The monoisotopic (exact) mass is 390 g/mol. The van der Waals surface area contributed by atoms with Gasteiger partial charge in [-0.3, -0.25) is 19.3 Å². The lowest BCUT2D eigenvalue weighted by Crippen LogP contribution is -2.27. The van der Waals surface area contributed by atoms with Crippen molar-refractivity contribution in [3.8, 4) is 5.75 Å². The number of amides is 3. The molecule has 3 amide bonds. The third kappa shape index (κ3) is 4.77. The average Bonchev–Trinajstić information content (AvgIpc) is 2.95. The van der Waals surface area contributed by atoms with Crippen LogP contribution in [0, 0.1) is 0 Å². The van der Waals surface area contributed by atoms with Crippen molar-refractivity contribution in [1.82, 2.24) is 4.90 Å². The highest BCUT2D eigenvalue weighted by molar-refractivity contribution is 8.14. The van der Waals surface area contributed by atoms with E-state index in [1.54, 1.807) is 48.5 Å². The minimum atomic E-state index is -0.297. The summed E-state index contributed by atoms with van der Waals surface area (Å²) in [6, 6.07) is 13.7. The SMILES string of the molecule is O=C(COc1ccc(Cl)cc1)Nc1ccc(CN2C(=O)CSC2=O)cc1. The molecule has 3 rings (SSSR count). The summed E-state index contributed by atoms with van der Waals surface area (Å²) in [5, 5.41) is 3.09. The van der Waals surface area contributed by atoms with E-state index in [0.717, 1.165) is 17.3 Å². The molecule has 0 spiro atoms. The normalized spacial score (nSPS) is 13.8. The molecule has 0 bridgehead atoms. The van der Waals surface area contributed by atoms with Gasteiger partial charge in [-0.05, 0) is 42.0 Å². The number of ether oxygens (including phenoxy) is 1. The fraction of sp³-hybridized carbons (Fsp3) is 0.167. The Kier molecular flexibility index (Phi) is 5.80. The summed E-state index contributed by atoms with van der Waals surface area (Å²) in [5.74, 6) is 0.268. The van der Waals surface area contributed by atoms with Crippen LogP contribution >= 0.6 is 23.4 Å². The zero-order valence-electron chi connectivity index (χ0n) is 13.6. The van der Waals surface area contributed by atoms with Crippen molar-refractivity contribution in [3.63, 3.8) is 0 Å². The second kappa shape index (κ2) is 8.25. The number of carbonyl (C=O) groups excluding carboxylic acids is 3. The van der Waals surface area contributed by atoms with E-state index in [0.29, 0.717) is 16.5 Å². The molecule has 1 saturated heterocycles. The standard InChI is InChI=1S/C18H15ClN2O4S/c19-13-3-7-15(8-4-13)25-10-16(22)20-14-5-1-12(2-6-14)9-21-17(23)11-26-18(21)24/h1-8H,9-11H2,(H,20,22). The van der Waals surface area contributed by atoms with Crippen LogP contribution < -0.4 is 10.1 Å². The van der Waals surface area contributed by atoms with Crippen molar-refractivity contribution >= 4 is 46.1 Å². The third-order valence-electron chi connectivity index (χ3n) is 3.60. The number of imide groups is 1. The van der Waals surface area contributed by atoms with E-state index in [-0.39, 0.29) is 36.0 Å². The molecule has 134 valence electrons. The number of nitrogens with one attached hydrogen (secondary N) is 1. The lowest BCUT2D eigenvalue weighted by Gasteiger charge is -2.13. The van der Waals surface area contributed by atoms with Crippen LogP contribution in [0.4, 0.5) is 10.5 Å². The number of hydrogen-bond donors (Lipinski definition) is 1. The van der Waals surface area contributed by atoms with Crippen LogP contribution in [0.15, 0.2) is 48.5 Å². The lowest BCUT2D eigenvalue weighted by atomic mass is 10.2. The van der Waals surface area contributed by atoms with E-state index in [4.69, 9.17) is 16.3 Å². The molecule has 0 radical (unpaired) electrons. The maximum atomic E-state index is 11.9. The Balaban J connectivity index is 1.50. The zero-order valence-corrected chi connectivity index (χ0v) is 15.2. The zero-order chi connectivity index (χ0) is 18.5. The van der Waals surface area contributed by atoms with Gasteiger partial charge in [0.1, 0.15) is 5.75 Å². The smallest absolute Gasteiger partial charge is 0.289 e. The maximum Gasteiger partial charge on any atom is 0.289 e. The second-order valence-electron chi connectivity index (χ2n) is 5.52. The molecule has 8 heteroatoms. The molecule has 1 N–H and O–H groups in total. The molecule has 26 heavy (non-hydrogen) atoms. The molecule has 1 fully saturated rings. The number of anilines is 1. The number of benzene rings is 2. The van der Waals surface area contributed by atoms with E-state index < -0.39 is 0 Å². The topological polar surface area (TPSA) is 75.7 Å². The van der Waals surface area contributed by atoms with Gasteiger partial charge in [0.2, 0.25) is 5.91 Å². The van der Waals surface area contributed by atoms with Crippen molar-refractivity contribution in [1.29, 1.82) is 0 Å². The summed E-state index contributed by atoms with van der Waals surface area (Å²) in [7, 11) is 0. The molecule has 1 heterocycles. The second-order valence-corrected chi connectivity index (χ2v) is 6.89. The predicted octanol–water partition coefficient (Wildman–Crippen LogP) is 3.55. The number of thioether (sulfide) groups is 1. The van der Waals surface area contributed by atoms with E-state index in [9.17, 15) is 14.4 Å². The summed E-state index contributed by atoms with van der Waals surface area (Å²) < 4.78 is 5.38. The minimum Gasteiger partial charge on any atom is -0.484 e. The minimum absolute atomic E-state index is 0.128. The highest BCUT2D eigenvalue weighted by Gasteiger charge is 2.29. The summed E-state index contributed by atoms with van der Waals surface area (Å²) in [4.78, 5) is 36.4. The first-order valence-corrected chi connectivity index (χ1v) is 9.12. The van der Waals surface area contributed by atoms with Crippen molar-refractivity contribution in [2.24, 2.45) is 0 Å². The highest BCUT2D eigenvalue weighted by Crippen LogP contribution is 2.22. The molecule has 0 aromatic heterocycles. The van der Waals surface area contributed by atoms with Crippen LogP contribution in [-0.2, 0) is 16.1 Å². The molecule has 0 aliphatic carbocycles. The first-order chi connectivity index (χ1) is 12.5. The Morgan fingerprint density at radius 3 is 2.42 bits per heavy atom. The molecule has 0 atom stereocenters. The summed E-state index contributed by atoms with van der Waals surface area (Å²) in [6.45, 7) is 0.107. The van der Waals surface area contributed by atoms with Crippen LogP contribution in [0.3, 0.4) is 0 Å². The Bertz CT molecular complexity index is 808. The Labute approximate surface area is 159 Å². The van der Waals surface area contributed by atoms with Crippen LogP contribution in [0.5, 0.6) is 5.75 Å². The van der Waals surface area contributed by atoms with Crippen LogP contribution in [0.1, 0.15) is 5.56 Å². The van der Waals surface area contributed by atoms with Gasteiger partial charge in [0.25, 0.3) is 11.1 Å². The predicted molar refractivity (Wildman–Crippen MR) is 100 cm³/mol. The quantitative estimate of drug-likeness (QED) is 0.816. The highest BCUT2D eigenvalue weighted by atomic mass is 35.5. The van der Waals surface area contributed by atoms with Crippen molar-refractivity contribution in [2.45, 2.75) is 6.54 Å². The van der Waals surface area contributed by atoms with Gasteiger partial charge in [0.15, 0.2) is 6.61 Å². The van der Waals surface area contributed by atoms with E-state index in [1.165, 1.54) is 4.90 Å². The third-order valence-corrected chi connectivity index (χ3v) is 4.71. The van der Waals surface area contributed by atoms with Gasteiger partial charge in [0.05, 0.1) is 12.3 Å². The number of nitrogens with zero attached hydrogens (tertiary/aromatic N) is 1. The Hall–Kier alpha value is -2.51. The van der Waals surface area contributed by atoms with Gasteiger partial charge in [-0.1, -0.05) is 35.5 Å². The first kappa shape index (κ1) is 18.3. The van der Waals surface area contributed by atoms with Gasteiger partial charge in [0, 0.05) is 10.7 Å². The number of hydrogen-bond acceptors (Lipinski definition) is 5.